The van der Waals surface area contributed by atoms with Crippen molar-refractivity contribution < 1.29 is 9.53 Å². The van der Waals surface area contributed by atoms with Crippen molar-refractivity contribution in [2.75, 3.05) is 19.8 Å². The highest BCUT2D eigenvalue weighted by Gasteiger charge is 2.30. The van der Waals surface area contributed by atoms with Crippen molar-refractivity contribution in [1.82, 2.24) is 18.9 Å². The Hall–Kier alpha value is -2.60. The number of carbonyl (C=O) groups excluding carboxylic acids is 1. The van der Waals surface area contributed by atoms with Crippen molar-refractivity contribution in [3.05, 3.63) is 60.3 Å². The van der Waals surface area contributed by atoms with E-state index in [2.05, 4.69) is 4.98 Å². The Kier molecular flexibility index (Phi) is 3.38. The number of fused-ring (bicyclic) bond motifs is 1. The van der Waals surface area contributed by atoms with Crippen LogP contribution in [0, 0.1) is 0 Å². The van der Waals surface area contributed by atoms with Gasteiger partial charge >= 0.3 is 0 Å². The molecule has 0 unspecified atom stereocenters. The summed E-state index contributed by atoms with van der Waals surface area (Å²) in [5.74, 6) is 0.0185. The number of hydrogen-bond donors (Lipinski definition) is 0. The second-order valence-corrected chi connectivity index (χ2v) is 5.74. The third-order valence-corrected chi connectivity index (χ3v) is 4.36. The first-order valence-electron chi connectivity index (χ1n) is 7.67. The highest BCUT2D eigenvalue weighted by atomic mass is 16.5. The quantitative estimate of drug-likeness (QED) is 0.726. The fraction of sp³-hybridized carbons (Fsp3) is 0.294. The molecule has 6 nitrogen and oxygen atoms in total. The fourth-order valence-electron chi connectivity index (χ4n) is 3.12. The molecule has 0 radical (unpaired) electrons. The first-order chi connectivity index (χ1) is 11.2. The van der Waals surface area contributed by atoms with Gasteiger partial charge in [-0.3, -0.25) is 4.79 Å². The largest absolute Gasteiger partial charge is 0.377 e. The summed E-state index contributed by atoms with van der Waals surface area (Å²) >= 11 is 0. The van der Waals surface area contributed by atoms with Crippen LogP contribution in [0.15, 0.2) is 49.1 Å². The Balaban J connectivity index is 1.68. The Morgan fingerprint density at radius 2 is 2.22 bits per heavy atom. The molecule has 1 atom stereocenters. The van der Waals surface area contributed by atoms with E-state index in [0.717, 1.165) is 11.3 Å². The monoisotopic (exact) mass is 310 g/mol. The van der Waals surface area contributed by atoms with Crippen LogP contribution < -0.4 is 0 Å². The van der Waals surface area contributed by atoms with Crippen LogP contribution in [0.2, 0.25) is 0 Å². The first kappa shape index (κ1) is 14.0. The lowest BCUT2D eigenvalue weighted by atomic mass is 10.1. The average molecular weight is 310 g/mol. The van der Waals surface area contributed by atoms with Crippen LogP contribution in [-0.4, -0.2) is 44.5 Å². The Labute approximate surface area is 133 Å². The SMILES string of the molecule is Cn1cccc1[C@@H]1COCCN1C(=O)c1ccn2ccnc2c1. The minimum absolute atomic E-state index is 0.0185. The highest BCUT2D eigenvalue weighted by Crippen LogP contribution is 2.26. The Morgan fingerprint density at radius 1 is 1.30 bits per heavy atom. The van der Waals surface area contributed by atoms with Crippen molar-refractivity contribution in [2.24, 2.45) is 7.05 Å². The van der Waals surface area contributed by atoms with Crippen molar-refractivity contribution >= 4 is 11.6 Å². The molecule has 6 heteroatoms. The van der Waals surface area contributed by atoms with E-state index in [1.807, 2.05) is 63.8 Å². The number of amides is 1. The van der Waals surface area contributed by atoms with Crippen molar-refractivity contribution in [2.45, 2.75) is 6.04 Å². The lowest BCUT2D eigenvalue weighted by molar-refractivity contribution is -0.00463. The number of aryl methyl sites for hydroxylation is 1. The molecular weight excluding hydrogens is 292 g/mol. The molecule has 4 rings (SSSR count). The first-order valence-corrected chi connectivity index (χ1v) is 7.67. The third kappa shape index (κ3) is 2.41. The summed E-state index contributed by atoms with van der Waals surface area (Å²) in [6.45, 7) is 1.68. The zero-order chi connectivity index (χ0) is 15.8. The van der Waals surface area contributed by atoms with E-state index >= 15 is 0 Å². The zero-order valence-electron chi connectivity index (χ0n) is 12.9. The van der Waals surface area contributed by atoms with E-state index in [9.17, 15) is 4.79 Å². The summed E-state index contributed by atoms with van der Waals surface area (Å²) in [6, 6.07) is 7.64. The minimum atomic E-state index is -0.0628. The van der Waals surface area contributed by atoms with Crippen LogP contribution >= 0.6 is 0 Å². The average Bonchev–Trinajstić information content (AvgIpc) is 3.22. The van der Waals surface area contributed by atoms with E-state index in [1.165, 1.54) is 0 Å². The Morgan fingerprint density at radius 3 is 3.04 bits per heavy atom. The summed E-state index contributed by atoms with van der Waals surface area (Å²) < 4.78 is 9.54. The number of imidazole rings is 1. The van der Waals surface area contributed by atoms with E-state index < -0.39 is 0 Å². The summed E-state index contributed by atoms with van der Waals surface area (Å²) in [5.41, 5.74) is 2.52. The number of nitrogens with zero attached hydrogens (tertiary/aromatic N) is 4. The van der Waals surface area contributed by atoms with Crippen molar-refractivity contribution in [3.8, 4) is 0 Å². The lowest BCUT2D eigenvalue weighted by Crippen LogP contribution is -2.44. The van der Waals surface area contributed by atoms with Gasteiger partial charge < -0.3 is 18.6 Å². The zero-order valence-corrected chi connectivity index (χ0v) is 12.9. The van der Waals surface area contributed by atoms with Crippen LogP contribution in [0.3, 0.4) is 0 Å². The van der Waals surface area contributed by atoms with Gasteiger partial charge in [0.05, 0.1) is 19.3 Å². The number of morpholine rings is 1. The molecule has 1 fully saturated rings. The van der Waals surface area contributed by atoms with Gasteiger partial charge in [-0.05, 0) is 24.3 Å². The van der Waals surface area contributed by atoms with Gasteiger partial charge in [0.1, 0.15) is 5.65 Å². The number of carbonyl (C=O) groups is 1. The lowest BCUT2D eigenvalue weighted by Gasteiger charge is -2.36. The summed E-state index contributed by atoms with van der Waals surface area (Å²) in [7, 11) is 1.99. The molecule has 3 aromatic heterocycles. The van der Waals surface area contributed by atoms with Crippen LogP contribution in [0.1, 0.15) is 22.1 Å². The smallest absolute Gasteiger partial charge is 0.254 e. The second kappa shape index (κ2) is 5.55. The van der Waals surface area contributed by atoms with Crippen LogP contribution in [0.25, 0.3) is 5.65 Å². The van der Waals surface area contributed by atoms with Crippen molar-refractivity contribution in [1.29, 1.82) is 0 Å². The predicted molar refractivity (Wildman–Crippen MR) is 85.2 cm³/mol. The van der Waals surface area contributed by atoms with Gasteiger partial charge in [-0.2, -0.15) is 0 Å². The molecule has 1 amide bonds. The topological polar surface area (TPSA) is 51.8 Å². The summed E-state index contributed by atoms with van der Waals surface area (Å²) in [6.07, 6.45) is 7.45. The van der Waals surface area contributed by atoms with Gasteiger partial charge in [-0.15, -0.1) is 0 Å². The molecule has 0 bridgehead atoms. The van der Waals surface area contributed by atoms with Gasteiger partial charge in [0.25, 0.3) is 5.91 Å². The molecule has 23 heavy (non-hydrogen) atoms. The minimum Gasteiger partial charge on any atom is -0.377 e. The van der Waals surface area contributed by atoms with Gasteiger partial charge in [0.15, 0.2) is 0 Å². The number of ether oxygens (including phenoxy) is 1. The van der Waals surface area contributed by atoms with Gasteiger partial charge in [0.2, 0.25) is 0 Å². The maximum Gasteiger partial charge on any atom is 0.254 e. The molecule has 0 aromatic carbocycles. The molecule has 0 aliphatic carbocycles. The maximum atomic E-state index is 13.0. The number of pyridine rings is 1. The molecule has 118 valence electrons. The van der Waals surface area contributed by atoms with Gasteiger partial charge in [-0.1, -0.05) is 0 Å². The molecule has 1 saturated heterocycles. The number of hydrogen-bond acceptors (Lipinski definition) is 3. The molecule has 1 aliphatic rings. The molecular formula is C17H18N4O2. The summed E-state index contributed by atoms with van der Waals surface area (Å²) in [5, 5.41) is 0. The summed E-state index contributed by atoms with van der Waals surface area (Å²) in [4.78, 5) is 19.2. The van der Waals surface area contributed by atoms with Gasteiger partial charge in [-0.25, -0.2) is 4.98 Å². The van der Waals surface area contributed by atoms with E-state index in [-0.39, 0.29) is 11.9 Å². The van der Waals surface area contributed by atoms with Crippen molar-refractivity contribution in [3.63, 3.8) is 0 Å². The third-order valence-electron chi connectivity index (χ3n) is 4.36. The molecule has 4 heterocycles. The van der Waals surface area contributed by atoms with Gasteiger partial charge in [0, 0.05) is 49.6 Å². The van der Waals surface area contributed by atoms with E-state index in [1.54, 1.807) is 6.20 Å². The molecule has 0 saturated carbocycles. The number of aromatic nitrogens is 3. The molecule has 3 aromatic rings. The fourth-order valence-corrected chi connectivity index (χ4v) is 3.12. The molecule has 0 N–H and O–H groups in total. The van der Waals surface area contributed by atoms with E-state index in [4.69, 9.17) is 4.74 Å². The second-order valence-electron chi connectivity index (χ2n) is 5.74. The Bertz CT molecular complexity index is 851. The number of rotatable bonds is 2. The normalized spacial score (nSPS) is 18.5. The highest BCUT2D eigenvalue weighted by molar-refractivity contribution is 5.95. The van der Waals surface area contributed by atoms with Crippen LogP contribution in [0.4, 0.5) is 0 Å². The van der Waals surface area contributed by atoms with Crippen LogP contribution in [-0.2, 0) is 11.8 Å². The maximum absolute atomic E-state index is 13.0. The molecule has 0 spiro atoms. The standard InChI is InChI=1S/C17H18N4O2/c1-19-6-2-3-14(19)15-12-23-10-9-21(15)17(22)13-4-7-20-8-5-18-16(20)11-13/h2-8,11,15H,9-10,12H2,1H3/t15-/m0/s1. The van der Waals surface area contributed by atoms with E-state index in [0.29, 0.717) is 25.3 Å². The molecule has 1 aliphatic heterocycles. The predicted octanol–water partition coefficient (Wildman–Crippen LogP) is 1.89. The van der Waals surface area contributed by atoms with Crippen LogP contribution in [0.5, 0.6) is 0 Å².